The van der Waals surface area contributed by atoms with Gasteiger partial charge >= 0.3 is 17.5 Å². The minimum Gasteiger partial charge on any atom is -0.449 e. The maximum atomic E-state index is 11.6. The van der Waals surface area contributed by atoms with Crippen molar-refractivity contribution in [3.05, 3.63) is 0 Å². The van der Waals surface area contributed by atoms with Gasteiger partial charge in [0, 0.05) is 13.1 Å². The standard InChI is InChI=1S/C9H13ClN2O4/c1-2-6-16-9(15)12-5-3-4-11(7(10)13)8(12)14/h2-6H2,1H3. The van der Waals surface area contributed by atoms with E-state index in [1.165, 1.54) is 0 Å². The SMILES string of the molecule is CCCOC(=O)N1CCCN(C(=O)Cl)C1=O. The minimum atomic E-state index is -0.877. The number of amides is 4. The number of hydrogen-bond acceptors (Lipinski definition) is 4. The van der Waals surface area contributed by atoms with Gasteiger partial charge in [-0.15, -0.1) is 0 Å². The molecule has 0 bridgehead atoms. The fraction of sp³-hybridized carbons (Fsp3) is 0.667. The van der Waals surface area contributed by atoms with Gasteiger partial charge in [0.05, 0.1) is 6.61 Å². The van der Waals surface area contributed by atoms with E-state index in [9.17, 15) is 14.4 Å². The normalized spacial score (nSPS) is 16.2. The molecule has 0 spiro atoms. The van der Waals surface area contributed by atoms with E-state index in [1.54, 1.807) is 0 Å². The highest BCUT2D eigenvalue weighted by Gasteiger charge is 2.34. The number of hydrogen-bond donors (Lipinski definition) is 0. The summed E-state index contributed by atoms with van der Waals surface area (Å²) in [5.74, 6) is 0. The maximum absolute atomic E-state index is 11.6. The van der Waals surface area contributed by atoms with Gasteiger partial charge in [-0.05, 0) is 24.4 Å². The van der Waals surface area contributed by atoms with E-state index >= 15 is 0 Å². The fourth-order valence-corrected chi connectivity index (χ4v) is 1.48. The lowest BCUT2D eigenvalue weighted by atomic mass is 10.3. The van der Waals surface area contributed by atoms with Crippen LogP contribution in [0.25, 0.3) is 0 Å². The summed E-state index contributed by atoms with van der Waals surface area (Å²) in [5.41, 5.74) is 0. The predicted molar refractivity (Wildman–Crippen MR) is 56.3 cm³/mol. The van der Waals surface area contributed by atoms with Gasteiger partial charge < -0.3 is 4.74 Å². The Balaban J connectivity index is 2.63. The Hall–Kier alpha value is -1.30. The van der Waals surface area contributed by atoms with Crippen LogP contribution in [-0.2, 0) is 4.74 Å². The summed E-state index contributed by atoms with van der Waals surface area (Å²) in [6.45, 7) is 2.58. The second-order valence-electron chi connectivity index (χ2n) is 3.31. The Labute approximate surface area is 98.1 Å². The highest BCUT2D eigenvalue weighted by molar-refractivity contribution is 6.64. The number of rotatable bonds is 2. The molecule has 16 heavy (non-hydrogen) atoms. The highest BCUT2D eigenvalue weighted by Crippen LogP contribution is 2.12. The van der Waals surface area contributed by atoms with Crippen molar-refractivity contribution in [2.75, 3.05) is 19.7 Å². The summed E-state index contributed by atoms with van der Waals surface area (Å²) in [6.07, 6.45) is 0.451. The van der Waals surface area contributed by atoms with Crippen LogP contribution in [0.1, 0.15) is 19.8 Å². The van der Waals surface area contributed by atoms with Gasteiger partial charge in [0.25, 0.3) is 0 Å². The molecule has 1 rings (SSSR count). The molecule has 0 radical (unpaired) electrons. The molecule has 0 N–H and O–H groups in total. The molecule has 1 heterocycles. The molecule has 0 atom stereocenters. The number of ether oxygens (including phenoxy) is 1. The Kier molecular flexibility index (Phi) is 4.54. The van der Waals surface area contributed by atoms with Crippen LogP contribution in [0.2, 0.25) is 0 Å². The van der Waals surface area contributed by atoms with Crippen molar-refractivity contribution in [3.63, 3.8) is 0 Å². The van der Waals surface area contributed by atoms with Crippen molar-refractivity contribution < 1.29 is 19.1 Å². The van der Waals surface area contributed by atoms with Crippen molar-refractivity contribution in [2.45, 2.75) is 19.8 Å². The lowest BCUT2D eigenvalue weighted by molar-refractivity contribution is 0.0934. The molecule has 6 nitrogen and oxygen atoms in total. The summed E-state index contributed by atoms with van der Waals surface area (Å²) in [5, 5.41) is -0.877. The van der Waals surface area contributed by atoms with Crippen LogP contribution in [0.5, 0.6) is 0 Å². The van der Waals surface area contributed by atoms with E-state index in [-0.39, 0.29) is 19.7 Å². The maximum Gasteiger partial charge on any atom is 0.417 e. The highest BCUT2D eigenvalue weighted by atomic mass is 35.5. The van der Waals surface area contributed by atoms with Crippen molar-refractivity contribution in [1.82, 2.24) is 9.80 Å². The summed E-state index contributed by atoms with van der Waals surface area (Å²) < 4.78 is 4.81. The van der Waals surface area contributed by atoms with Crippen molar-refractivity contribution in [3.8, 4) is 0 Å². The van der Waals surface area contributed by atoms with Crippen molar-refractivity contribution >= 4 is 29.1 Å². The van der Waals surface area contributed by atoms with Gasteiger partial charge in [-0.2, -0.15) is 0 Å². The third-order valence-electron chi connectivity index (χ3n) is 2.09. The number of urea groups is 1. The topological polar surface area (TPSA) is 66.9 Å². The smallest absolute Gasteiger partial charge is 0.417 e. The summed E-state index contributed by atoms with van der Waals surface area (Å²) >= 11 is 5.21. The Morgan fingerprint density at radius 1 is 1.38 bits per heavy atom. The zero-order valence-corrected chi connectivity index (χ0v) is 9.70. The molecule has 1 saturated heterocycles. The molecule has 1 aliphatic rings. The minimum absolute atomic E-state index is 0.235. The van der Waals surface area contributed by atoms with Crippen LogP contribution in [0.3, 0.4) is 0 Å². The number of halogens is 1. The Morgan fingerprint density at radius 3 is 2.56 bits per heavy atom. The zero-order valence-electron chi connectivity index (χ0n) is 8.94. The molecular weight excluding hydrogens is 236 g/mol. The summed E-state index contributed by atoms with van der Waals surface area (Å²) in [7, 11) is 0. The molecule has 0 saturated carbocycles. The van der Waals surface area contributed by atoms with E-state index in [0.29, 0.717) is 12.8 Å². The van der Waals surface area contributed by atoms with Gasteiger partial charge in [-0.25, -0.2) is 19.4 Å². The molecule has 90 valence electrons. The first kappa shape index (κ1) is 12.8. The van der Waals surface area contributed by atoms with Gasteiger partial charge in [0.1, 0.15) is 0 Å². The molecule has 0 aromatic heterocycles. The van der Waals surface area contributed by atoms with E-state index in [2.05, 4.69) is 0 Å². The quantitative estimate of drug-likeness (QED) is 0.554. The lowest BCUT2D eigenvalue weighted by Crippen LogP contribution is -2.52. The van der Waals surface area contributed by atoms with Crippen molar-refractivity contribution in [2.24, 2.45) is 0 Å². The molecule has 0 unspecified atom stereocenters. The predicted octanol–water partition coefficient (Wildman–Crippen LogP) is 2.02. The average Bonchev–Trinajstić information content (AvgIpc) is 2.25. The molecule has 0 aliphatic carbocycles. The van der Waals surface area contributed by atoms with Crippen LogP contribution in [0.15, 0.2) is 0 Å². The molecule has 1 aliphatic heterocycles. The van der Waals surface area contributed by atoms with Crippen LogP contribution in [-0.4, -0.2) is 47.0 Å². The molecule has 4 amide bonds. The zero-order chi connectivity index (χ0) is 12.1. The van der Waals surface area contributed by atoms with E-state index in [1.807, 2.05) is 6.92 Å². The number of carbonyl (C=O) groups is 3. The van der Waals surface area contributed by atoms with Gasteiger partial charge in [-0.1, -0.05) is 6.92 Å². The number of carbonyl (C=O) groups excluding carboxylic acids is 3. The van der Waals surface area contributed by atoms with Gasteiger partial charge in [-0.3, -0.25) is 4.79 Å². The monoisotopic (exact) mass is 248 g/mol. The number of imide groups is 2. The van der Waals surface area contributed by atoms with Crippen LogP contribution in [0, 0.1) is 0 Å². The van der Waals surface area contributed by atoms with Gasteiger partial charge in [0.2, 0.25) is 0 Å². The Morgan fingerprint density at radius 2 is 2.00 bits per heavy atom. The first-order valence-corrected chi connectivity index (χ1v) is 5.41. The third-order valence-corrected chi connectivity index (χ3v) is 2.29. The summed E-state index contributed by atoms with van der Waals surface area (Å²) in [6, 6.07) is -0.715. The third kappa shape index (κ3) is 2.85. The molecule has 7 heteroatoms. The first-order valence-electron chi connectivity index (χ1n) is 5.03. The molecule has 0 aromatic rings. The molecular formula is C9H13ClN2O4. The van der Waals surface area contributed by atoms with Crippen LogP contribution in [0.4, 0.5) is 14.4 Å². The molecule has 0 aromatic carbocycles. The number of nitrogens with zero attached hydrogens (tertiary/aromatic N) is 2. The lowest BCUT2D eigenvalue weighted by Gasteiger charge is -2.30. The van der Waals surface area contributed by atoms with Crippen LogP contribution >= 0.6 is 11.6 Å². The van der Waals surface area contributed by atoms with E-state index in [4.69, 9.17) is 16.3 Å². The van der Waals surface area contributed by atoms with Crippen LogP contribution < -0.4 is 0 Å². The van der Waals surface area contributed by atoms with E-state index < -0.39 is 17.5 Å². The first-order chi connectivity index (χ1) is 7.57. The van der Waals surface area contributed by atoms with E-state index in [0.717, 1.165) is 9.80 Å². The fourth-order valence-electron chi connectivity index (χ4n) is 1.32. The molecule has 1 fully saturated rings. The Bertz CT molecular complexity index is 308. The van der Waals surface area contributed by atoms with Crippen molar-refractivity contribution in [1.29, 1.82) is 0 Å². The average molecular weight is 249 g/mol. The largest absolute Gasteiger partial charge is 0.449 e. The van der Waals surface area contributed by atoms with Gasteiger partial charge in [0.15, 0.2) is 0 Å². The second-order valence-corrected chi connectivity index (χ2v) is 3.63. The second kappa shape index (κ2) is 5.69. The summed E-state index contributed by atoms with van der Waals surface area (Å²) in [4.78, 5) is 35.6.